The van der Waals surface area contributed by atoms with Crippen LogP contribution in [0.4, 0.5) is 5.69 Å². The van der Waals surface area contributed by atoms with Crippen LogP contribution in [0.25, 0.3) is 17.2 Å². The monoisotopic (exact) mass is 468 g/mol. The molecule has 4 rings (SSSR count). The Morgan fingerprint density at radius 2 is 2.00 bits per heavy atom. The first kappa shape index (κ1) is 22.2. The number of carbonyl (C=O) groups is 2. The summed E-state index contributed by atoms with van der Waals surface area (Å²) in [4.78, 5) is 32.3. The van der Waals surface area contributed by atoms with Crippen molar-refractivity contribution in [1.29, 1.82) is 0 Å². The number of nitrogens with one attached hydrogen (secondary N) is 2. The SMILES string of the molecule is O=C(COC(=O)C=Cc1nc2ccccc2o1)Nc1cccc(S(=O)(=O)NC2=NCCC2)c1. The number of nitrogens with zero attached hydrogens (tertiary/aromatic N) is 2. The maximum atomic E-state index is 12.5. The summed E-state index contributed by atoms with van der Waals surface area (Å²) in [6, 6.07) is 12.9. The Bertz CT molecular complexity index is 1330. The van der Waals surface area contributed by atoms with Gasteiger partial charge in [0.05, 0.1) is 4.90 Å². The van der Waals surface area contributed by atoms with Crippen LogP contribution < -0.4 is 10.0 Å². The van der Waals surface area contributed by atoms with Crippen LogP contribution in [0.2, 0.25) is 0 Å². The second-order valence-corrected chi connectivity index (χ2v) is 8.76. The average Bonchev–Trinajstić information content (AvgIpc) is 3.45. The molecule has 0 fully saturated rings. The molecule has 2 heterocycles. The highest BCUT2D eigenvalue weighted by Crippen LogP contribution is 2.17. The summed E-state index contributed by atoms with van der Waals surface area (Å²) in [7, 11) is -3.81. The largest absolute Gasteiger partial charge is 0.452 e. The van der Waals surface area contributed by atoms with E-state index in [0.29, 0.717) is 29.9 Å². The van der Waals surface area contributed by atoms with E-state index in [9.17, 15) is 18.0 Å². The maximum absolute atomic E-state index is 12.5. The van der Waals surface area contributed by atoms with Gasteiger partial charge in [0.2, 0.25) is 5.89 Å². The highest BCUT2D eigenvalue weighted by Gasteiger charge is 2.19. The zero-order chi connectivity index (χ0) is 23.3. The molecule has 2 N–H and O–H groups in total. The molecule has 0 aliphatic carbocycles. The topological polar surface area (TPSA) is 140 Å². The number of hydrogen-bond acceptors (Lipinski definition) is 8. The van der Waals surface area contributed by atoms with Crippen molar-refractivity contribution in [3.05, 3.63) is 60.5 Å². The molecule has 170 valence electrons. The highest BCUT2D eigenvalue weighted by atomic mass is 32.2. The van der Waals surface area contributed by atoms with Crippen LogP contribution in [-0.2, 0) is 24.3 Å². The fraction of sp³-hybridized carbons (Fsp3) is 0.182. The third-order valence-corrected chi connectivity index (χ3v) is 5.95. The van der Waals surface area contributed by atoms with Crippen molar-refractivity contribution in [2.75, 3.05) is 18.5 Å². The van der Waals surface area contributed by atoms with Crippen LogP contribution in [0.1, 0.15) is 18.7 Å². The Kier molecular flexibility index (Phi) is 6.50. The van der Waals surface area contributed by atoms with Gasteiger partial charge in [-0.15, -0.1) is 0 Å². The molecule has 3 aromatic rings. The maximum Gasteiger partial charge on any atom is 0.331 e. The van der Waals surface area contributed by atoms with Crippen LogP contribution in [0, 0.1) is 0 Å². The molecule has 1 aromatic heterocycles. The van der Waals surface area contributed by atoms with Gasteiger partial charge < -0.3 is 14.5 Å². The Labute approximate surface area is 189 Å². The van der Waals surface area contributed by atoms with Gasteiger partial charge in [-0.3, -0.25) is 14.5 Å². The van der Waals surface area contributed by atoms with Gasteiger partial charge in [-0.25, -0.2) is 18.2 Å². The number of amides is 1. The van der Waals surface area contributed by atoms with E-state index in [0.717, 1.165) is 12.5 Å². The van der Waals surface area contributed by atoms with Crippen LogP contribution in [-0.4, -0.2) is 44.3 Å². The van der Waals surface area contributed by atoms with Gasteiger partial charge in [-0.2, -0.15) is 0 Å². The number of hydrogen-bond donors (Lipinski definition) is 2. The summed E-state index contributed by atoms with van der Waals surface area (Å²) < 4.78 is 37.8. The minimum absolute atomic E-state index is 0.0202. The molecule has 33 heavy (non-hydrogen) atoms. The number of aromatic nitrogens is 1. The molecule has 0 atom stereocenters. The van der Waals surface area contributed by atoms with Crippen molar-refractivity contribution >= 4 is 50.6 Å². The molecule has 2 aromatic carbocycles. The van der Waals surface area contributed by atoms with Gasteiger partial charge in [0.15, 0.2) is 12.2 Å². The van der Waals surface area contributed by atoms with E-state index in [1.54, 1.807) is 18.2 Å². The molecule has 0 bridgehead atoms. The summed E-state index contributed by atoms with van der Waals surface area (Å²) >= 11 is 0. The second-order valence-electron chi connectivity index (χ2n) is 7.07. The number of anilines is 1. The zero-order valence-corrected chi connectivity index (χ0v) is 18.2. The van der Waals surface area contributed by atoms with E-state index >= 15 is 0 Å². The molecular weight excluding hydrogens is 448 g/mol. The van der Waals surface area contributed by atoms with Crippen molar-refractivity contribution in [2.45, 2.75) is 17.7 Å². The molecule has 11 heteroatoms. The molecule has 0 unspecified atom stereocenters. The van der Waals surface area contributed by atoms with E-state index in [-0.39, 0.29) is 16.5 Å². The van der Waals surface area contributed by atoms with Gasteiger partial charge in [0.1, 0.15) is 11.4 Å². The number of rotatable bonds is 7. The first-order valence-corrected chi connectivity index (χ1v) is 11.5. The minimum atomic E-state index is -3.81. The number of para-hydroxylation sites is 2. The lowest BCUT2D eigenvalue weighted by Crippen LogP contribution is -2.29. The number of oxazole rings is 1. The smallest absolute Gasteiger partial charge is 0.331 e. The number of ether oxygens (including phenoxy) is 1. The van der Waals surface area contributed by atoms with Crippen LogP contribution in [0.5, 0.6) is 0 Å². The number of benzene rings is 2. The lowest BCUT2D eigenvalue weighted by atomic mass is 10.3. The molecule has 10 nitrogen and oxygen atoms in total. The van der Waals surface area contributed by atoms with Crippen LogP contribution >= 0.6 is 0 Å². The predicted octanol–water partition coefficient (Wildman–Crippen LogP) is 2.49. The predicted molar refractivity (Wildman–Crippen MR) is 121 cm³/mol. The molecule has 0 radical (unpaired) electrons. The number of sulfonamides is 1. The number of fused-ring (bicyclic) bond motifs is 1. The van der Waals surface area contributed by atoms with Crippen molar-refractivity contribution in [1.82, 2.24) is 9.71 Å². The molecule has 0 saturated carbocycles. The van der Waals surface area contributed by atoms with Crippen molar-refractivity contribution in [3.63, 3.8) is 0 Å². The van der Waals surface area contributed by atoms with Crippen molar-refractivity contribution in [2.24, 2.45) is 4.99 Å². The number of amidine groups is 1. The fourth-order valence-corrected chi connectivity index (χ4v) is 4.19. The Morgan fingerprint density at radius 3 is 2.79 bits per heavy atom. The van der Waals surface area contributed by atoms with E-state index in [1.165, 1.54) is 30.3 Å². The molecular formula is C22H20N4O6S. The van der Waals surface area contributed by atoms with Crippen LogP contribution in [0.3, 0.4) is 0 Å². The summed E-state index contributed by atoms with van der Waals surface area (Å²) in [6.07, 6.45) is 3.82. The summed E-state index contributed by atoms with van der Waals surface area (Å²) in [6.45, 7) is 0.0411. The first-order valence-electron chi connectivity index (χ1n) is 10.1. The first-order chi connectivity index (χ1) is 15.9. The lowest BCUT2D eigenvalue weighted by Gasteiger charge is -2.10. The summed E-state index contributed by atoms with van der Waals surface area (Å²) in [5, 5.41) is 2.50. The van der Waals surface area contributed by atoms with Gasteiger partial charge >= 0.3 is 5.97 Å². The van der Waals surface area contributed by atoms with Crippen molar-refractivity contribution in [3.8, 4) is 0 Å². The molecule has 1 amide bonds. The van der Waals surface area contributed by atoms with Gasteiger partial charge in [0, 0.05) is 30.8 Å². The van der Waals surface area contributed by atoms with E-state index in [2.05, 4.69) is 20.0 Å². The normalized spacial score (nSPS) is 13.8. The summed E-state index contributed by atoms with van der Waals surface area (Å²) in [5.41, 5.74) is 1.48. The quantitative estimate of drug-likeness (QED) is 0.401. The zero-order valence-electron chi connectivity index (χ0n) is 17.4. The van der Waals surface area contributed by atoms with Crippen LogP contribution in [0.15, 0.2) is 68.9 Å². The third kappa shape index (κ3) is 5.83. The van der Waals surface area contributed by atoms with Crippen molar-refractivity contribution < 1.29 is 27.2 Å². The Hall–Kier alpha value is -3.99. The number of esters is 1. The molecule has 1 aliphatic heterocycles. The Balaban J connectivity index is 1.30. The molecule has 0 saturated heterocycles. The van der Waals surface area contributed by atoms with Gasteiger partial charge in [-0.1, -0.05) is 18.2 Å². The minimum Gasteiger partial charge on any atom is -0.452 e. The third-order valence-electron chi connectivity index (χ3n) is 4.57. The number of carbonyl (C=O) groups excluding carboxylic acids is 2. The van der Waals surface area contributed by atoms with E-state index < -0.39 is 28.5 Å². The fourth-order valence-electron chi connectivity index (χ4n) is 3.06. The standard InChI is InChI=1S/C22H20N4O6S/c27-20(14-31-22(28)11-10-21-25-17-7-1-2-8-18(17)32-21)24-15-5-3-6-16(13-15)33(29,30)26-19-9-4-12-23-19/h1-3,5-8,10-11,13H,4,9,12,14H2,(H,23,26)(H,24,27). The van der Waals surface area contributed by atoms with E-state index in [1.807, 2.05) is 6.07 Å². The average molecular weight is 468 g/mol. The van der Waals surface area contributed by atoms with Gasteiger partial charge in [0.25, 0.3) is 15.9 Å². The van der Waals surface area contributed by atoms with Gasteiger partial charge in [-0.05, 0) is 36.8 Å². The summed E-state index contributed by atoms with van der Waals surface area (Å²) in [5.74, 6) is -0.735. The second kappa shape index (κ2) is 9.65. The Morgan fingerprint density at radius 1 is 1.15 bits per heavy atom. The molecule has 0 spiro atoms. The molecule has 1 aliphatic rings. The van der Waals surface area contributed by atoms with E-state index in [4.69, 9.17) is 9.15 Å². The lowest BCUT2D eigenvalue weighted by molar-refractivity contribution is -0.142. The highest BCUT2D eigenvalue weighted by molar-refractivity contribution is 7.90. The number of aliphatic imine (C=N–C) groups is 1.